The van der Waals surface area contributed by atoms with Crippen LogP contribution in [0.25, 0.3) is 5.78 Å². The first-order valence-corrected chi connectivity index (χ1v) is 8.16. The number of nitrogens with two attached hydrogens (primary N) is 1. The molecule has 0 aliphatic carbocycles. The number of rotatable bonds is 4. The molecule has 2 N–H and O–H groups in total. The van der Waals surface area contributed by atoms with Gasteiger partial charge < -0.3 is 10.6 Å². The van der Waals surface area contributed by atoms with Crippen LogP contribution in [0.4, 0.5) is 11.6 Å². The normalized spacial score (nSPS) is 17.9. The summed E-state index contributed by atoms with van der Waals surface area (Å²) in [6.07, 6.45) is 2.59. The lowest BCUT2D eigenvalue weighted by Crippen LogP contribution is -2.34. The van der Waals surface area contributed by atoms with Crippen molar-refractivity contribution in [1.29, 1.82) is 0 Å². The Morgan fingerprint density at radius 2 is 2.12 bits per heavy atom. The molecule has 7 heteroatoms. The first-order valence-electron chi connectivity index (χ1n) is 8.16. The Balaban J connectivity index is 1.47. The monoisotopic (exact) mass is 323 g/mol. The van der Waals surface area contributed by atoms with Gasteiger partial charge in [0.1, 0.15) is 18.0 Å². The maximum Gasteiger partial charge on any atom is 0.256 e. The summed E-state index contributed by atoms with van der Waals surface area (Å²) in [7, 11) is 2.19. The van der Waals surface area contributed by atoms with Crippen molar-refractivity contribution < 1.29 is 0 Å². The molecule has 0 radical (unpaired) electrons. The molecule has 3 heterocycles. The Labute approximate surface area is 140 Å². The fourth-order valence-corrected chi connectivity index (χ4v) is 3.29. The van der Waals surface area contributed by atoms with Gasteiger partial charge >= 0.3 is 0 Å². The van der Waals surface area contributed by atoms with E-state index in [-0.39, 0.29) is 0 Å². The zero-order chi connectivity index (χ0) is 16.5. The molecule has 0 bridgehead atoms. The lowest BCUT2D eigenvalue weighted by atomic mass is 10.1. The fraction of sp³-hybridized carbons (Fsp3) is 0.353. The topological polar surface area (TPSA) is 75.6 Å². The van der Waals surface area contributed by atoms with Gasteiger partial charge in [-0.1, -0.05) is 30.3 Å². The predicted octanol–water partition coefficient (Wildman–Crippen LogP) is 1.42. The average Bonchev–Trinajstić information content (AvgIpc) is 3.25. The predicted molar refractivity (Wildman–Crippen MR) is 93.7 cm³/mol. The van der Waals surface area contributed by atoms with Crippen LogP contribution in [0.15, 0.2) is 42.7 Å². The van der Waals surface area contributed by atoms with E-state index in [2.05, 4.69) is 62.2 Å². The second-order valence-electron chi connectivity index (χ2n) is 6.30. The molecule has 4 rings (SSSR count). The molecule has 7 nitrogen and oxygen atoms in total. The molecule has 1 saturated heterocycles. The first-order chi connectivity index (χ1) is 11.7. The van der Waals surface area contributed by atoms with Crippen molar-refractivity contribution in [3.8, 4) is 0 Å². The Bertz CT molecular complexity index is 829. The van der Waals surface area contributed by atoms with Gasteiger partial charge in [0.15, 0.2) is 0 Å². The summed E-state index contributed by atoms with van der Waals surface area (Å²) in [5.41, 5.74) is 7.39. The number of nitrogen functional groups attached to an aromatic ring is 1. The van der Waals surface area contributed by atoms with Crippen LogP contribution in [0.5, 0.6) is 0 Å². The quantitative estimate of drug-likeness (QED) is 0.782. The highest BCUT2D eigenvalue weighted by Crippen LogP contribution is 2.23. The van der Waals surface area contributed by atoms with E-state index in [1.165, 1.54) is 11.9 Å². The second kappa shape index (κ2) is 6.09. The number of hydrogen-bond acceptors (Lipinski definition) is 6. The lowest BCUT2D eigenvalue weighted by molar-refractivity contribution is 0.250. The third-order valence-electron chi connectivity index (χ3n) is 4.65. The van der Waals surface area contributed by atoms with Gasteiger partial charge in [-0.15, -0.1) is 0 Å². The van der Waals surface area contributed by atoms with Gasteiger partial charge in [-0.25, -0.2) is 0 Å². The second-order valence-corrected chi connectivity index (χ2v) is 6.30. The SMILES string of the molecule is CN(Cc1ccccc1)C1CCN(c2cc(N)n3ncnc3n2)C1. The van der Waals surface area contributed by atoms with Gasteiger partial charge in [0.25, 0.3) is 5.78 Å². The van der Waals surface area contributed by atoms with E-state index in [0.29, 0.717) is 17.6 Å². The molecule has 1 fully saturated rings. The van der Waals surface area contributed by atoms with Gasteiger partial charge in [-0.3, -0.25) is 4.90 Å². The molecule has 2 aromatic heterocycles. The number of aromatic nitrogens is 4. The van der Waals surface area contributed by atoms with Crippen LogP contribution in [0.1, 0.15) is 12.0 Å². The summed E-state index contributed by atoms with van der Waals surface area (Å²) < 4.78 is 1.55. The number of likely N-dealkylation sites (N-methyl/N-ethyl adjacent to an activating group) is 1. The average molecular weight is 323 g/mol. The van der Waals surface area contributed by atoms with Gasteiger partial charge in [0.05, 0.1) is 0 Å². The maximum absolute atomic E-state index is 6.05. The summed E-state index contributed by atoms with van der Waals surface area (Å²) in [5.74, 6) is 1.99. The minimum Gasteiger partial charge on any atom is -0.383 e. The molecule has 1 unspecified atom stereocenters. The molecule has 1 aliphatic heterocycles. The van der Waals surface area contributed by atoms with Crippen molar-refractivity contribution >= 4 is 17.4 Å². The molecule has 0 spiro atoms. The highest BCUT2D eigenvalue weighted by atomic mass is 15.4. The molecule has 1 aromatic carbocycles. The summed E-state index contributed by atoms with van der Waals surface area (Å²) in [5, 5.41) is 4.07. The van der Waals surface area contributed by atoms with Crippen LogP contribution in [0.2, 0.25) is 0 Å². The Hall–Kier alpha value is -2.67. The summed E-state index contributed by atoms with van der Waals surface area (Å²) >= 11 is 0. The zero-order valence-electron chi connectivity index (χ0n) is 13.7. The largest absolute Gasteiger partial charge is 0.383 e. The number of hydrogen-bond donors (Lipinski definition) is 1. The van der Waals surface area contributed by atoms with E-state index in [1.807, 2.05) is 6.07 Å². The first kappa shape index (κ1) is 14.9. The highest BCUT2D eigenvalue weighted by Gasteiger charge is 2.27. The van der Waals surface area contributed by atoms with E-state index >= 15 is 0 Å². The molecular weight excluding hydrogens is 302 g/mol. The number of fused-ring (bicyclic) bond motifs is 1. The molecule has 0 saturated carbocycles. The fourth-order valence-electron chi connectivity index (χ4n) is 3.29. The van der Waals surface area contributed by atoms with E-state index < -0.39 is 0 Å². The Morgan fingerprint density at radius 1 is 1.29 bits per heavy atom. The molecule has 1 aliphatic rings. The van der Waals surface area contributed by atoms with Gasteiger partial charge in [-0.05, 0) is 19.0 Å². The summed E-state index contributed by atoms with van der Waals surface area (Å²) in [6.45, 7) is 2.87. The minimum absolute atomic E-state index is 0.502. The van der Waals surface area contributed by atoms with Crippen molar-refractivity contribution in [2.24, 2.45) is 0 Å². The molecule has 124 valence electrons. The Morgan fingerprint density at radius 3 is 2.96 bits per heavy atom. The molecule has 3 aromatic rings. The van der Waals surface area contributed by atoms with E-state index in [9.17, 15) is 0 Å². The van der Waals surface area contributed by atoms with Gasteiger partial charge in [0.2, 0.25) is 0 Å². The third-order valence-corrected chi connectivity index (χ3v) is 4.65. The van der Waals surface area contributed by atoms with Crippen molar-refractivity contribution in [2.75, 3.05) is 30.8 Å². The lowest BCUT2D eigenvalue weighted by Gasteiger charge is -2.25. The van der Waals surface area contributed by atoms with Crippen molar-refractivity contribution in [2.45, 2.75) is 19.0 Å². The summed E-state index contributed by atoms with van der Waals surface area (Å²) in [6, 6.07) is 12.9. The van der Waals surface area contributed by atoms with Crippen molar-refractivity contribution in [3.63, 3.8) is 0 Å². The van der Waals surface area contributed by atoms with Crippen molar-refractivity contribution in [1.82, 2.24) is 24.5 Å². The minimum atomic E-state index is 0.502. The molecule has 0 amide bonds. The molecular formula is C17H21N7. The molecule has 1 atom stereocenters. The van der Waals surface area contributed by atoms with E-state index in [0.717, 1.165) is 31.9 Å². The van der Waals surface area contributed by atoms with Crippen LogP contribution >= 0.6 is 0 Å². The van der Waals surface area contributed by atoms with Gasteiger partial charge in [-0.2, -0.15) is 19.6 Å². The summed E-state index contributed by atoms with van der Waals surface area (Å²) in [4.78, 5) is 13.4. The molecule has 24 heavy (non-hydrogen) atoms. The third kappa shape index (κ3) is 2.78. The zero-order valence-corrected chi connectivity index (χ0v) is 13.7. The van der Waals surface area contributed by atoms with Crippen LogP contribution in [-0.2, 0) is 6.54 Å². The van der Waals surface area contributed by atoms with Crippen LogP contribution in [-0.4, -0.2) is 50.7 Å². The maximum atomic E-state index is 6.05. The van der Waals surface area contributed by atoms with Crippen LogP contribution < -0.4 is 10.6 Å². The van der Waals surface area contributed by atoms with Crippen LogP contribution in [0, 0.1) is 0 Å². The van der Waals surface area contributed by atoms with Gasteiger partial charge in [0, 0.05) is 31.7 Å². The van der Waals surface area contributed by atoms with Crippen LogP contribution in [0.3, 0.4) is 0 Å². The number of benzene rings is 1. The highest BCUT2D eigenvalue weighted by molar-refractivity contribution is 5.53. The smallest absolute Gasteiger partial charge is 0.256 e. The standard InChI is InChI=1S/C17H21N7/c1-22(10-13-5-3-2-4-6-13)14-7-8-23(11-14)16-9-15(18)24-17(21-16)19-12-20-24/h2-6,9,12,14H,7-8,10-11,18H2,1H3. The van der Waals surface area contributed by atoms with Crippen molar-refractivity contribution in [3.05, 3.63) is 48.3 Å². The Kier molecular flexibility index (Phi) is 3.78. The number of nitrogens with zero attached hydrogens (tertiary/aromatic N) is 6. The number of anilines is 2. The van der Waals surface area contributed by atoms with E-state index in [4.69, 9.17) is 5.73 Å². The van der Waals surface area contributed by atoms with E-state index in [1.54, 1.807) is 4.52 Å².